The van der Waals surface area contributed by atoms with Gasteiger partial charge in [-0.1, -0.05) is 67.9 Å². The number of carboxylic acids is 1. The van der Waals surface area contributed by atoms with Crippen LogP contribution in [0.25, 0.3) is 0 Å². The van der Waals surface area contributed by atoms with Crippen molar-refractivity contribution < 1.29 is 47.3 Å². The van der Waals surface area contributed by atoms with E-state index in [9.17, 15) is 42.6 Å². The van der Waals surface area contributed by atoms with Crippen molar-refractivity contribution in [3.05, 3.63) is 46.5 Å². The molecule has 11 atom stereocenters. The second-order valence-electron chi connectivity index (χ2n) is 21.4. The molecule has 8 nitrogen and oxygen atoms in total. The minimum atomic E-state index is -4.52. The number of allylic oxidation sites excluding steroid dienone is 1. The van der Waals surface area contributed by atoms with Gasteiger partial charge in [-0.15, -0.1) is 0 Å². The van der Waals surface area contributed by atoms with Crippen LogP contribution < -0.4 is 5.32 Å². The van der Waals surface area contributed by atoms with Crippen LogP contribution in [0.2, 0.25) is 0 Å². The molecule has 6 aliphatic carbocycles. The fourth-order valence-corrected chi connectivity index (χ4v) is 14.5. The highest BCUT2D eigenvalue weighted by atomic mass is 19.4. The van der Waals surface area contributed by atoms with Crippen LogP contribution in [0.3, 0.4) is 0 Å². The minimum Gasteiger partial charge on any atom is -0.481 e. The second kappa shape index (κ2) is 13.9. The van der Waals surface area contributed by atoms with Crippen molar-refractivity contribution in [2.75, 3.05) is 6.54 Å². The summed E-state index contributed by atoms with van der Waals surface area (Å²) >= 11 is 0. The van der Waals surface area contributed by atoms with Gasteiger partial charge in [-0.25, -0.2) is 0 Å². The number of hydrogen-bond donors (Lipinski definition) is 3. The molecule has 11 heteroatoms. The molecule has 58 heavy (non-hydrogen) atoms. The van der Waals surface area contributed by atoms with Gasteiger partial charge in [0, 0.05) is 29.4 Å². The predicted octanol–water partition coefficient (Wildman–Crippen LogP) is 9.44. The van der Waals surface area contributed by atoms with Gasteiger partial charge >= 0.3 is 18.1 Å². The molecule has 6 aliphatic rings. The molecule has 1 amide bonds. The maximum atomic E-state index is 14.1. The number of amides is 1. The zero-order valence-electron chi connectivity index (χ0n) is 35.8. The Morgan fingerprint density at radius 2 is 1.50 bits per heavy atom. The summed E-state index contributed by atoms with van der Waals surface area (Å²) in [5, 5.41) is 24.5. The molecule has 0 bridgehead atoms. The molecule has 1 aromatic rings. The highest BCUT2D eigenvalue weighted by molar-refractivity contribution is 6.01. The van der Waals surface area contributed by atoms with E-state index in [1.807, 2.05) is 27.7 Å². The van der Waals surface area contributed by atoms with Gasteiger partial charge in [-0.05, 0) is 133 Å². The van der Waals surface area contributed by atoms with Crippen molar-refractivity contribution in [2.24, 2.45) is 68.0 Å². The lowest BCUT2D eigenvalue weighted by atomic mass is 9.33. The molecule has 3 N–H and O–H groups in total. The normalized spacial score (nSPS) is 39.4. The number of Topliss-reactive ketones (excluding diaryl/α,β-unsaturated/α-hetero) is 1. The maximum absolute atomic E-state index is 14.1. The van der Waals surface area contributed by atoms with Crippen LogP contribution in [0.5, 0.6) is 0 Å². The van der Waals surface area contributed by atoms with Gasteiger partial charge in [-0.2, -0.15) is 13.2 Å². The number of aliphatic hydroxyl groups excluding tert-OH is 1. The van der Waals surface area contributed by atoms with Crippen LogP contribution in [0, 0.1) is 68.0 Å². The third-order valence-electron chi connectivity index (χ3n) is 18.1. The van der Waals surface area contributed by atoms with Crippen LogP contribution in [0.1, 0.15) is 142 Å². The molecule has 0 heterocycles. The molecule has 0 aliphatic heterocycles. The number of ketones is 1. The molecule has 1 aromatic carbocycles. The molecule has 0 aromatic heterocycles. The first-order valence-electron chi connectivity index (χ1n) is 21.6. The monoisotopic (exact) mass is 811 g/mol. The number of nitrogens with one attached hydrogen (secondary N) is 1. The van der Waals surface area contributed by atoms with Gasteiger partial charge in [0.15, 0.2) is 5.78 Å². The number of hydrogen-bond acceptors (Lipinski definition) is 6. The average Bonchev–Trinajstić information content (AvgIpc) is 3.44. The smallest absolute Gasteiger partial charge is 0.416 e. The number of aliphatic hydroxyl groups is 1. The van der Waals surface area contributed by atoms with Crippen molar-refractivity contribution in [3.63, 3.8) is 0 Å². The van der Waals surface area contributed by atoms with Crippen molar-refractivity contribution >= 4 is 23.6 Å². The number of carboxylic acid groups (broad SMARTS) is 1. The Labute approximate surface area is 341 Å². The summed E-state index contributed by atoms with van der Waals surface area (Å²) in [6.07, 6.45) is 1.56. The number of benzene rings is 1. The maximum Gasteiger partial charge on any atom is 0.416 e. The molecular formula is C47H64F3NO7. The van der Waals surface area contributed by atoms with Gasteiger partial charge in [-0.3, -0.25) is 19.2 Å². The fraction of sp³-hybridized carbons (Fsp3) is 0.745. The van der Waals surface area contributed by atoms with E-state index in [0.717, 1.165) is 80.4 Å². The fourth-order valence-electron chi connectivity index (χ4n) is 14.5. The average molecular weight is 812 g/mol. The lowest BCUT2D eigenvalue weighted by Gasteiger charge is -2.72. The first kappa shape index (κ1) is 42.9. The van der Waals surface area contributed by atoms with E-state index in [-0.39, 0.29) is 69.9 Å². The molecule has 0 unspecified atom stereocenters. The van der Waals surface area contributed by atoms with E-state index in [2.05, 4.69) is 39.9 Å². The standard InChI is InChI=1S/C47H64F3NO7/c1-25(2)36-31(52)23-46(34(53)24-51-38(54)26-10-12-27(13-11-26)47(48,49)50)21-20-44(8)28(37(36)46)14-15-33-43(7)18-17-35(42(5,6)32(43)16-19-45(33,44)9)58-40(57)30-22-29(39(55)56)41(30,3)4/h10-13,25,28-30,32-35,53H,14-24H2,1-9H3,(H,51,54)(H,55,56)/t28-,29+,30-,32+,33-,34+,35+,43+,44-,45-,46+/m1/s1. The molecule has 5 saturated carbocycles. The number of carbonyl (C=O) groups excluding carboxylic acids is 3. The van der Waals surface area contributed by atoms with Crippen molar-refractivity contribution in [3.8, 4) is 0 Å². The minimum absolute atomic E-state index is 0.0189. The predicted molar refractivity (Wildman–Crippen MR) is 212 cm³/mol. The number of carbonyl (C=O) groups is 4. The van der Waals surface area contributed by atoms with Crippen molar-refractivity contribution in [1.82, 2.24) is 5.32 Å². The van der Waals surface area contributed by atoms with Crippen LogP contribution in [0.15, 0.2) is 35.4 Å². The van der Waals surface area contributed by atoms with E-state index in [1.165, 1.54) is 0 Å². The summed E-state index contributed by atoms with van der Waals surface area (Å²) in [7, 11) is 0. The molecule has 0 radical (unpaired) electrons. The largest absolute Gasteiger partial charge is 0.481 e. The molecule has 0 spiro atoms. The first-order valence-corrected chi connectivity index (χ1v) is 21.6. The van der Waals surface area contributed by atoms with Gasteiger partial charge in [0.2, 0.25) is 0 Å². The summed E-state index contributed by atoms with van der Waals surface area (Å²) in [6.45, 7) is 19.5. The molecular weight excluding hydrogens is 748 g/mol. The number of aliphatic carboxylic acids is 1. The number of rotatable bonds is 8. The molecule has 5 fully saturated rings. The Morgan fingerprint density at radius 3 is 2.09 bits per heavy atom. The number of alkyl halides is 3. The van der Waals surface area contributed by atoms with Gasteiger partial charge in [0.25, 0.3) is 5.91 Å². The number of halogens is 3. The number of esters is 1. The number of fused-ring (bicyclic) bond motifs is 7. The van der Waals surface area contributed by atoms with Crippen LogP contribution in [-0.4, -0.2) is 52.6 Å². The third-order valence-corrected chi connectivity index (χ3v) is 18.1. The van der Waals surface area contributed by atoms with Crippen molar-refractivity contribution in [1.29, 1.82) is 0 Å². The zero-order valence-corrected chi connectivity index (χ0v) is 35.8. The van der Waals surface area contributed by atoms with Crippen LogP contribution in [0.4, 0.5) is 13.2 Å². The van der Waals surface area contributed by atoms with Gasteiger partial charge < -0.3 is 20.3 Å². The quantitative estimate of drug-likeness (QED) is 0.223. The second-order valence-corrected chi connectivity index (χ2v) is 21.4. The van der Waals surface area contributed by atoms with E-state index in [4.69, 9.17) is 4.74 Å². The SMILES string of the molecule is CC(C)C1=C2[C@H]3CC[C@@H]4[C@@]5(C)CC[C@H](OC(=O)[C@H]6C[C@@H](C(=O)O)C6(C)C)C(C)(C)[C@@H]5CC[C@@]4(C)[C@]3(C)CC[C@@]2([C@@H](O)CNC(=O)c2ccc(C(F)(F)F)cc2)CC1=O. The summed E-state index contributed by atoms with van der Waals surface area (Å²) in [5.74, 6) is -1.91. The summed E-state index contributed by atoms with van der Waals surface area (Å²) in [5.41, 5.74) is -0.912. The molecule has 320 valence electrons. The highest BCUT2D eigenvalue weighted by Gasteiger charge is 2.71. The zero-order chi connectivity index (χ0) is 42.8. The van der Waals surface area contributed by atoms with Gasteiger partial charge in [0.05, 0.1) is 23.5 Å². The van der Waals surface area contributed by atoms with Crippen LogP contribution in [-0.2, 0) is 25.3 Å². The topological polar surface area (TPSA) is 130 Å². The lowest BCUT2D eigenvalue weighted by Crippen LogP contribution is -2.66. The Bertz CT molecular complexity index is 1900. The van der Waals surface area contributed by atoms with E-state index in [0.29, 0.717) is 24.7 Å². The van der Waals surface area contributed by atoms with E-state index < -0.39 is 52.4 Å². The Hall–Kier alpha value is -3.21. The molecule has 7 rings (SSSR count). The molecule has 0 saturated heterocycles. The first-order chi connectivity index (χ1) is 26.8. The van der Waals surface area contributed by atoms with Crippen molar-refractivity contribution in [2.45, 2.75) is 145 Å². The Balaban J connectivity index is 1.12. The third kappa shape index (κ3) is 6.15. The van der Waals surface area contributed by atoms with Gasteiger partial charge in [0.1, 0.15) is 6.10 Å². The van der Waals surface area contributed by atoms with E-state index >= 15 is 0 Å². The summed E-state index contributed by atoms with van der Waals surface area (Å²) in [6, 6.07) is 4.02. The number of ether oxygens (including phenoxy) is 1. The Kier molecular flexibility index (Phi) is 10.3. The summed E-state index contributed by atoms with van der Waals surface area (Å²) < 4.78 is 45.8. The highest BCUT2D eigenvalue weighted by Crippen LogP contribution is 2.77. The van der Waals surface area contributed by atoms with E-state index in [1.54, 1.807) is 0 Å². The summed E-state index contributed by atoms with van der Waals surface area (Å²) in [4.78, 5) is 52.6. The lowest BCUT2D eigenvalue weighted by molar-refractivity contribution is -0.238. The Morgan fingerprint density at radius 1 is 0.845 bits per heavy atom. The van der Waals surface area contributed by atoms with Crippen LogP contribution >= 0.6 is 0 Å².